The van der Waals surface area contributed by atoms with E-state index >= 15 is 0 Å². The molecule has 13 nitrogen and oxygen atoms in total. The molecule has 1 unspecified atom stereocenters. The molecular weight excluding hydrogens is 741 g/mol. The van der Waals surface area contributed by atoms with Gasteiger partial charge in [0.15, 0.2) is 5.78 Å². The Labute approximate surface area is 348 Å². The Morgan fingerprint density at radius 1 is 0.879 bits per heavy atom. The van der Waals surface area contributed by atoms with E-state index in [0.717, 1.165) is 18.4 Å². The highest BCUT2D eigenvalue weighted by Crippen LogP contribution is 2.34. The van der Waals surface area contributed by atoms with Gasteiger partial charge in [0.05, 0.1) is 43.4 Å². The number of carbonyl (C=O) groups excluding carboxylic acids is 5. The van der Waals surface area contributed by atoms with Crippen LogP contribution in [0.15, 0.2) is 30.3 Å². The number of Topliss-reactive ketones (excluding diaryl/α,β-unsaturated/α-hetero) is 2. The number of benzene rings is 1. The lowest BCUT2D eigenvalue weighted by atomic mass is 9.84. The van der Waals surface area contributed by atoms with Crippen LogP contribution in [0, 0.1) is 35.5 Å². The van der Waals surface area contributed by atoms with Crippen molar-refractivity contribution in [2.24, 2.45) is 35.5 Å². The van der Waals surface area contributed by atoms with Crippen LogP contribution >= 0.6 is 0 Å². The molecule has 1 aromatic rings. The fourth-order valence-corrected chi connectivity index (χ4v) is 8.63. The first kappa shape index (κ1) is 50.8. The summed E-state index contributed by atoms with van der Waals surface area (Å²) in [4.78, 5) is 73.7. The minimum Gasteiger partial charge on any atom is -0.441 e. The molecule has 13 heteroatoms. The fraction of sp³-hybridized carbons (Fsp3) is 0.756. The molecule has 1 fully saturated rings. The normalized spacial score (nSPS) is 19.1. The fourth-order valence-electron chi connectivity index (χ4n) is 8.63. The Balaban J connectivity index is 2.29. The maximum Gasteiger partial charge on any atom is 0.410 e. The highest BCUT2D eigenvalue weighted by atomic mass is 16.6. The summed E-state index contributed by atoms with van der Waals surface area (Å²) in [7, 11) is 8.22. The predicted molar refractivity (Wildman–Crippen MR) is 226 cm³/mol. The zero-order valence-corrected chi connectivity index (χ0v) is 37.7. The van der Waals surface area contributed by atoms with Crippen molar-refractivity contribution in [3.8, 4) is 0 Å². The lowest BCUT2D eigenvalue weighted by molar-refractivity contribution is -0.149. The predicted octanol–water partition coefficient (Wildman–Crippen LogP) is 5.78. The van der Waals surface area contributed by atoms with Gasteiger partial charge in [-0.3, -0.25) is 19.2 Å². The van der Waals surface area contributed by atoms with Crippen molar-refractivity contribution in [3.63, 3.8) is 0 Å². The van der Waals surface area contributed by atoms with Gasteiger partial charge in [-0.25, -0.2) is 4.79 Å². The van der Waals surface area contributed by atoms with Crippen LogP contribution in [-0.2, 0) is 33.4 Å². The number of ketones is 2. The first-order chi connectivity index (χ1) is 27.4. The third kappa shape index (κ3) is 13.6. The van der Waals surface area contributed by atoms with Crippen molar-refractivity contribution in [1.82, 2.24) is 20.0 Å². The lowest BCUT2D eigenvalue weighted by Gasteiger charge is -2.41. The van der Waals surface area contributed by atoms with Gasteiger partial charge in [-0.15, -0.1) is 0 Å². The van der Waals surface area contributed by atoms with Gasteiger partial charge in [0, 0.05) is 72.0 Å². The summed E-state index contributed by atoms with van der Waals surface area (Å²) in [6.07, 6.45) is -0.0607. The molecule has 0 saturated carbocycles. The second-order valence-electron chi connectivity index (χ2n) is 17.1. The van der Waals surface area contributed by atoms with Gasteiger partial charge >= 0.3 is 6.09 Å². The number of likely N-dealkylation sites (N-methyl/N-ethyl adjacent to an activating group) is 3. The van der Waals surface area contributed by atoms with Crippen molar-refractivity contribution < 1.29 is 43.3 Å². The quantitative estimate of drug-likeness (QED) is 0.124. The highest BCUT2D eigenvalue weighted by molar-refractivity contribution is 5.90. The molecule has 330 valence electrons. The number of hydrogen-bond donors (Lipinski definition) is 2. The minimum absolute atomic E-state index is 0.00738. The average molecular weight is 817 g/mol. The molecule has 2 rings (SSSR count). The number of aliphatic hydroxyl groups excluding tert-OH is 1. The molecule has 1 aliphatic heterocycles. The van der Waals surface area contributed by atoms with E-state index in [9.17, 15) is 29.1 Å². The third-order valence-electron chi connectivity index (χ3n) is 12.4. The molecule has 58 heavy (non-hydrogen) atoms. The van der Waals surface area contributed by atoms with Crippen molar-refractivity contribution in [1.29, 1.82) is 0 Å². The van der Waals surface area contributed by atoms with Crippen molar-refractivity contribution >= 4 is 29.5 Å². The zero-order chi connectivity index (χ0) is 43.9. The molecule has 0 aromatic heterocycles. The van der Waals surface area contributed by atoms with Gasteiger partial charge in [0.1, 0.15) is 11.9 Å². The van der Waals surface area contributed by atoms with Crippen LogP contribution in [0.1, 0.15) is 106 Å². The van der Waals surface area contributed by atoms with Crippen LogP contribution in [0.25, 0.3) is 0 Å². The van der Waals surface area contributed by atoms with Crippen LogP contribution in [0.2, 0.25) is 0 Å². The number of hydrogen-bond acceptors (Lipinski definition) is 10. The summed E-state index contributed by atoms with van der Waals surface area (Å²) in [6.45, 7) is 16.1. The van der Waals surface area contributed by atoms with E-state index in [4.69, 9.17) is 14.2 Å². The smallest absolute Gasteiger partial charge is 0.410 e. The topological polar surface area (TPSA) is 155 Å². The van der Waals surface area contributed by atoms with Crippen molar-refractivity contribution in [3.05, 3.63) is 35.9 Å². The van der Waals surface area contributed by atoms with Gasteiger partial charge in [0.2, 0.25) is 11.8 Å². The number of likely N-dealkylation sites (tertiary alicyclic amines) is 1. The van der Waals surface area contributed by atoms with E-state index < -0.39 is 42.3 Å². The summed E-state index contributed by atoms with van der Waals surface area (Å²) in [5.41, 5.74) is 0.759. The number of methoxy groups -OCH3 is 2. The number of rotatable bonds is 25. The van der Waals surface area contributed by atoms with Crippen LogP contribution in [0.4, 0.5) is 4.79 Å². The van der Waals surface area contributed by atoms with Crippen LogP contribution < -0.4 is 5.32 Å². The molecular formula is C45H76N4O9. The second-order valence-corrected chi connectivity index (χ2v) is 17.1. The largest absolute Gasteiger partial charge is 0.441 e. The monoisotopic (exact) mass is 817 g/mol. The summed E-state index contributed by atoms with van der Waals surface area (Å²) in [6, 6.07) is 8.17. The Hall–Kier alpha value is -3.39. The number of carbonyl (C=O) groups is 5. The maximum atomic E-state index is 14.3. The summed E-state index contributed by atoms with van der Waals surface area (Å²) >= 11 is 0. The Bertz CT molecular complexity index is 1440. The standard InChI is InChI=1S/C45H76N4O9/c1-14-30(6)41(48(11)44(54)34(28(2)3)26-37(52)40(46-9)29(4)5)38(56-12)27-39(53)49-22-18-21-35(49)43(57-13)32(8)36(51)25-31(7)42(33-19-16-15-17-20-33)58-45(55)47(10)23-24-50/h15-17,19-20,28-32,34-35,38,40-43,46,50H,14,18,21-27H2,1-13H3/t30-,31-,32-,34-,35-,38?,40-,41-,42+,43+/m0/s1. The number of nitrogens with one attached hydrogen (secondary N) is 1. The van der Waals surface area contributed by atoms with E-state index in [-0.39, 0.29) is 91.6 Å². The first-order valence-electron chi connectivity index (χ1n) is 21.3. The number of ether oxygens (including phenoxy) is 3. The minimum atomic E-state index is -0.701. The van der Waals surface area contributed by atoms with E-state index in [1.54, 1.807) is 40.3 Å². The van der Waals surface area contributed by atoms with E-state index in [1.807, 2.05) is 76.8 Å². The van der Waals surface area contributed by atoms with Crippen LogP contribution in [0.3, 0.4) is 0 Å². The van der Waals surface area contributed by atoms with E-state index in [1.165, 1.54) is 4.90 Å². The summed E-state index contributed by atoms with van der Waals surface area (Å²) < 4.78 is 18.0. The number of amides is 3. The van der Waals surface area contributed by atoms with E-state index in [2.05, 4.69) is 19.2 Å². The zero-order valence-electron chi connectivity index (χ0n) is 37.7. The molecule has 0 spiro atoms. The van der Waals surface area contributed by atoms with Gasteiger partial charge in [-0.05, 0) is 43.2 Å². The number of nitrogens with zero attached hydrogens (tertiary/aromatic N) is 3. The average Bonchev–Trinajstić information content (AvgIpc) is 3.68. The lowest BCUT2D eigenvalue weighted by Crippen LogP contribution is -2.54. The van der Waals surface area contributed by atoms with Crippen molar-refractivity contribution in [2.45, 2.75) is 130 Å². The number of aliphatic hydroxyl groups is 1. The molecule has 2 N–H and O–H groups in total. The Morgan fingerprint density at radius 3 is 2.03 bits per heavy atom. The summed E-state index contributed by atoms with van der Waals surface area (Å²) in [5.74, 6) is -1.81. The van der Waals surface area contributed by atoms with Crippen LogP contribution in [-0.4, -0.2) is 135 Å². The van der Waals surface area contributed by atoms with Crippen molar-refractivity contribution in [2.75, 3.05) is 55.1 Å². The van der Waals surface area contributed by atoms with Gasteiger partial charge in [-0.1, -0.05) is 92.1 Å². The molecule has 0 bridgehead atoms. The summed E-state index contributed by atoms with van der Waals surface area (Å²) in [5, 5.41) is 12.4. The van der Waals surface area contributed by atoms with Gasteiger partial charge in [-0.2, -0.15) is 0 Å². The second kappa shape index (κ2) is 24.6. The molecule has 1 saturated heterocycles. The molecule has 0 aliphatic carbocycles. The molecule has 0 radical (unpaired) electrons. The molecule has 10 atom stereocenters. The molecule has 1 heterocycles. The van der Waals surface area contributed by atoms with E-state index in [0.29, 0.717) is 13.0 Å². The van der Waals surface area contributed by atoms with Crippen LogP contribution in [0.5, 0.6) is 0 Å². The highest BCUT2D eigenvalue weighted by Gasteiger charge is 2.43. The molecule has 3 amide bonds. The molecule has 1 aromatic carbocycles. The Kier molecular flexibility index (Phi) is 21.6. The van der Waals surface area contributed by atoms with Gasteiger partial charge in [0.25, 0.3) is 0 Å². The SMILES string of the molecule is CC[C@H](C)[C@@H](C(CC(=O)N1CCC[C@H]1[C@H](OC)[C@@H](C)C(=O)C[C@H](C)[C@@H](OC(=O)N(C)CCO)c1ccccc1)OC)N(C)C(=O)[C@@H](CC(=O)[C@@H](NC)C(C)C)C(C)C. The first-order valence-corrected chi connectivity index (χ1v) is 21.3. The maximum absolute atomic E-state index is 14.3. The third-order valence-corrected chi connectivity index (χ3v) is 12.4. The Morgan fingerprint density at radius 2 is 1.52 bits per heavy atom. The van der Waals surface area contributed by atoms with Gasteiger partial charge < -0.3 is 39.3 Å². The molecule has 1 aliphatic rings.